The van der Waals surface area contributed by atoms with Crippen LogP contribution >= 0.6 is 0 Å². The Morgan fingerprint density at radius 2 is 1.44 bits per heavy atom. The highest BCUT2D eigenvalue weighted by atomic mass is 16.3. The predicted octanol–water partition coefficient (Wildman–Crippen LogP) is 2.80. The predicted molar refractivity (Wildman–Crippen MR) is 101 cm³/mol. The van der Waals surface area contributed by atoms with E-state index < -0.39 is 17.7 Å². The summed E-state index contributed by atoms with van der Waals surface area (Å²) in [5, 5.41) is 14.8. The van der Waals surface area contributed by atoms with Crippen molar-refractivity contribution in [2.75, 3.05) is 0 Å². The molecular formula is C21H28N2O2. The lowest BCUT2D eigenvalue weighted by Gasteiger charge is -2.39. The fourth-order valence-corrected chi connectivity index (χ4v) is 3.06. The van der Waals surface area contributed by atoms with Crippen molar-refractivity contribution in [3.05, 3.63) is 71.8 Å². The van der Waals surface area contributed by atoms with Gasteiger partial charge in [0, 0.05) is 0 Å². The highest BCUT2D eigenvalue weighted by molar-refractivity contribution is 5.81. The van der Waals surface area contributed by atoms with Crippen LogP contribution in [0.2, 0.25) is 0 Å². The van der Waals surface area contributed by atoms with Gasteiger partial charge < -0.3 is 16.2 Å². The maximum absolute atomic E-state index is 12.3. The molecule has 25 heavy (non-hydrogen) atoms. The minimum Gasteiger partial charge on any atom is -0.378 e. The Balaban J connectivity index is 2.55. The van der Waals surface area contributed by atoms with E-state index in [0.29, 0.717) is 6.42 Å². The minimum atomic E-state index is -1.34. The number of carbonyl (C=O) groups is 1. The minimum absolute atomic E-state index is 0.268. The molecule has 0 fully saturated rings. The molecule has 1 amide bonds. The van der Waals surface area contributed by atoms with Crippen LogP contribution in [-0.2, 0) is 10.4 Å². The number of carbonyl (C=O) groups excluding carboxylic acids is 1. The van der Waals surface area contributed by atoms with Gasteiger partial charge in [-0.3, -0.25) is 4.79 Å². The summed E-state index contributed by atoms with van der Waals surface area (Å²) in [7, 11) is 0. The molecule has 0 aliphatic rings. The molecule has 2 aromatic carbocycles. The van der Waals surface area contributed by atoms with E-state index in [1.165, 1.54) is 0 Å². The molecule has 0 bridgehead atoms. The van der Waals surface area contributed by atoms with Gasteiger partial charge in [0.1, 0.15) is 5.60 Å². The van der Waals surface area contributed by atoms with Crippen LogP contribution in [0, 0.1) is 5.92 Å². The van der Waals surface area contributed by atoms with Crippen LogP contribution < -0.4 is 11.1 Å². The summed E-state index contributed by atoms with van der Waals surface area (Å²) in [5.41, 5.74) is 5.90. The molecule has 134 valence electrons. The molecular weight excluding hydrogens is 312 g/mol. The van der Waals surface area contributed by atoms with Crippen LogP contribution in [0.3, 0.4) is 0 Å². The molecule has 0 aromatic heterocycles. The van der Waals surface area contributed by atoms with Crippen molar-refractivity contribution in [2.24, 2.45) is 11.7 Å². The molecule has 0 aliphatic heterocycles. The van der Waals surface area contributed by atoms with Crippen molar-refractivity contribution in [3.8, 4) is 0 Å². The summed E-state index contributed by atoms with van der Waals surface area (Å²) in [6, 6.07) is 17.8. The van der Waals surface area contributed by atoms with Crippen molar-refractivity contribution in [1.29, 1.82) is 0 Å². The standard InChI is InChI=1S/C21H28N2O2/c1-15(2)14-19(23-20(24)16(3)22)21(25,17-10-6-4-7-11-17)18-12-8-5-9-13-18/h4-13,15-16,19,25H,14,22H2,1-3H3,(H,23,24)/t16-,19-/m0/s1. The Kier molecular flexibility index (Phi) is 6.34. The Hall–Kier alpha value is -2.17. The fraction of sp³-hybridized carbons (Fsp3) is 0.381. The lowest BCUT2D eigenvalue weighted by Crippen LogP contribution is -2.55. The number of hydrogen-bond donors (Lipinski definition) is 3. The number of nitrogens with one attached hydrogen (secondary N) is 1. The van der Waals surface area contributed by atoms with Crippen LogP contribution in [0.5, 0.6) is 0 Å². The van der Waals surface area contributed by atoms with E-state index in [-0.39, 0.29) is 11.8 Å². The molecule has 0 heterocycles. The van der Waals surface area contributed by atoms with Gasteiger partial charge >= 0.3 is 0 Å². The summed E-state index contributed by atoms with van der Waals surface area (Å²) in [4.78, 5) is 12.3. The summed E-state index contributed by atoms with van der Waals surface area (Å²) < 4.78 is 0. The van der Waals surface area contributed by atoms with Crippen LogP contribution in [0.15, 0.2) is 60.7 Å². The summed E-state index contributed by atoms with van der Waals surface area (Å²) >= 11 is 0. The van der Waals surface area contributed by atoms with Crippen molar-refractivity contribution in [1.82, 2.24) is 5.32 Å². The van der Waals surface area contributed by atoms with Gasteiger partial charge in [-0.05, 0) is 30.4 Å². The normalized spacial score (nSPS) is 14.2. The third-order valence-electron chi connectivity index (χ3n) is 4.37. The molecule has 2 aromatic rings. The van der Waals surface area contributed by atoms with Gasteiger partial charge in [-0.1, -0.05) is 74.5 Å². The number of benzene rings is 2. The highest BCUT2D eigenvalue weighted by Crippen LogP contribution is 2.35. The van der Waals surface area contributed by atoms with Gasteiger partial charge in [-0.2, -0.15) is 0 Å². The van der Waals surface area contributed by atoms with E-state index in [2.05, 4.69) is 19.2 Å². The second-order valence-electron chi connectivity index (χ2n) is 6.98. The monoisotopic (exact) mass is 340 g/mol. The molecule has 0 aliphatic carbocycles. The first-order valence-electron chi connectivity index (χ1n) is 8.75. The van der Waals surface area contributed by atoms with Crippen molar-refractivity contribution >= 4 is 5.91 Å². The quantitative estimate of drug-likeness (QED) is 0.725. The zero-order valence-corrected chi connectivity index (χ0v) is 15.1. The highest BCUT2D eigenvalue weighted by Gasteiger charge is 2.41. The molecule has 4 nitrogen and oxygen atoms in total. The van der Waals surface area contributed by atoms with E-state index in [4.69, 9.17) is 5.73 Å². The van der Waals surface area contributed by atoms with Gasteiger partial charge in [-0.25, -0.2) is 0 Å². The lowest BCUT2D eigenvalue weighted by molar-refractivity contribution is -0.124. The summed E-state index contributed by atoms with van der Waals surface area (Å²) in [6.45, 7) is 5.79. The molecule has 0 saturated heterocycles. The fourth-order valence-electron chi connectivity index (χ4n) is 3.06. The van der Waals surface area contributed by atoms with E-state index in [9.17, 15) is 9.90 Å². The summed E-state index contributed by atoms with van der Waals surface area (Å²) in [6.07, 6.45) is 0.624. The number of hydrogen-bond acceptors (Lipinski definition) is 3. The molecule has 4 heteroatoms. The zero-order valence-electron chi connectivity index (χ0n) is 15.1. The van der Waals surface area contributed by atoms with Gasteiger partial charge in [0.2, 0.25) is 5.91 Å². The molecule has 0 spiro atoms. The molecule has 4 N–H and O–H groups in total. The molecule has 2 rings (SSSR count). The van der Waals surface area contributed by atoms with E-state index in [1.54, 1.807) is 6.92 Å². The van der Waals surface area contributed by atoms with Crippen LogP contribution in [0.4, 0.5) is 0 Å². The number of nitrogens with two attached hydrogens (primary N) is 1. The van der Waals surface area contributed by atoms with Gasteiger partial charge in [0.25, 0.3) is 0 Å². The Morgan fingerprint density at radius 1 is 1.00 bits per heavy atom. The SMILES string of the molecule is CC(C)C[C@H](NC(=O)[C@H](C)N)C(O)(c1ccccc1)c1ccccc1. The van der Waals surface area contributed by atoms with Crippen LogP contribution in [0.25, 0.3) is 0 Å². The van der Waals surface area contributed by atoms with E-state index in [1.807, 2.05) is 60.7 Å². The van der Waals surface area contributed by atoms with E-state index in [0.717, 1.165) is 11.1 Å². The third-order valence-corrected chi connectivity index (χ3v) is 4.37. The largest absolute Gasteiger partial charge is 0.378 e. The van der Waals surface area contributed by atoms with Crippen molar-refractivity contribution < 1.29 is 9.90 Å². The van der Waals surface area contributed by atoms with Crippen LogP contribution in [-0.4, -0.2) is 23.1 Å². The second-order valence-corrected chi connectivity index (χ2v) is 6.98. The number of rotatable bonds is 7. The third kappa shape index (κ3) is 4.47. The number of amides is 1. The first-order valence-corrected chi connectivity index (χ1v) is 8.75. The van der Waals surface area contributed by atoms with Crippen molar-refractivity contribution in [2.45, 2.75) is 44.9 Å². The Bertz CT molecular complexity index is 629. The maximum atomic E-state index is 12.3. The Labute approximate surface area is 150 Å². The lowest BCUT2D eigenvalue weighted by atomic mass is 9.77. The Morgan fingerprint density at radius 3 is 1.80 bits per heavy atom. The molecule has 0 radical (unpaired) electrons. The zero-order chi connectivity index (χ0) is 18.4. The molecule has 0 unspecified atom stereocenters. The van der Waals surface area contributed by atoms with E-state index >= 15 is 0 Å². The molecule has 0 saturated carbocycles. The van der Waals surface area contributed by atoms with Crippen LogP contribution in [0.1, 0.15) is 38.3 Å². The van der Waals surface area contributed by atoms with Gasteiger partial charge in [-0.15, -0.1) is 0 Å². The first-order chi connectivity index (χ1) is 11.9. The first kappa shape index (κ1) is 19.2. The van der Waals surface area contributed by atoms with Gasteiger partial charge in [0.15, 0.2) is 0 Å². The average molecular weight is 340 g/mol. The van der Waals surface area contributed by atoms with Crippen molar-refractivity contribution in [3.63, 3.8) is 0 Å². The topological polar surface area (TPSA) is 75.4 Å². The second kappa shape index (κ2) is 8.28. The maximum Gasteiger partial charge on any atom is 0.236 e. The summed E-state index contributed by atoms with van der Waals surface area (Å²) in [5.74, 6) is 0.0215. The number of aliphatic hydroxyl groups is 1. The molecule has 2 atom stereocenters. The average Bonchev–Trinajstić information content (AvgIpc) is 2.61. The smallest absolute Gasteiger partial charge is 0.236 e. The van der Waals surface area contributed by atoms with Gasteiger partial charge in [0.05, 0.1) is 12.1 Å².